The van der Waals surface area contributed by atoms with Gasteiger partial charge in [-0.15, -0.1) is 0 Å². The number of carbonyl (C=O) groups is 1. The van der Waals surface area contributed by atoms with Crippen LogP contribution in [0, 0.1) is 10.1 Å². The predicted molar refractivity (Wildman–Crippen MR) is 71.3 cm³/mol. The smallest absolute Gasteiger partial charge is 0.271 e. The number of amides is 1. The van der Waals surface area contributed by atoms with Gasteiger partial charge in [-0.2, -0.15) is 0 Å². The van der Waals surface area contributed by atoms with Crippen LogP contribution in [0.4, 0.5) is 11.4 Å². The normalized spacial score (nSPS) is 19.2. The van der Waals surface area contributed by atoms with Gasteiger partial charge in [-0.25, -0.2) is 0 Å². The Hall–Kier alpha value is -1.86. The van der Waals surface area contributed by atoms with Gasteiger partial charge < -0.3 is 16.0 Å². The number of non-ortho nitro benzene ring substituents is 1. The van der Waals surface area contributed by atoms with E-state index in [0.29, 0.717) is 30.3 Å². The van der Waals surface area contributed by atoms with Crippen molar-refractivity contribution in [1.82, 2.24) is 5.32 Å². The van der Waals surface area contributed by atoms with Crippen LogP contribution >= 0.6 is 11.6 Å². The molecule has 3 N–H and O–H groups in total. The summed E-state index contributed by atoms with van der Waals surface area (Å²) in [6, 6.07) is 3.84. The third-order valence-corrected chi connectivity index (χ3v) is 3.30. The van der Waals surface area contributed by atoms with Gasteiger partial charge in [0.15, 0.2) is 0 Å². The molecule has 0 bridgehead atoms. The number of nitro benzene ring substituents is 1. The molecule has 1 aromatic rings. The van der Waals surface area contributed by atoms with Gasteiger partial charge in [-0.05, 0) is 6.07 Å². The van der Waals surface area contributed by atoms with Crippen LogP contribution in [0.1, 0.15) is 0 Å². The Morgan fingerprint density at radius 3 is 2.89 bits per heavy atom. The molecule has 7 nitrogen and oxygen atoms in total. The van der Waals surface area contributed by atoms with E-state index in [-0.39, 0.29) is 5.69 Å². The molecule has 1 aliphatic rings. The number of carbonyl (C=O) groups excluding carboxylic acids is 1. The van der Waals surface area contributed by atoms with Gasteiger partial charge in [0.25, 0.3) is 5.69 Å². The molecule has 19 heavy (non-hydrogen) atoms. The van der Waals surface area contributed by atoms with E-state index in [1.165, 1.54) is 12.1 Å². The summed E-state index contributed by atoms with van der Waals surface area (Å²) in [5, 5.41) is 13.9. The zero-order valence-corrected chi connectivity index (χ0v) is 10.8. The molecule has 1 saturated heterocycles. The summed E-state index contributed by atoms with van der Waals surface area (Å²) in [5.41, 5.74) is 5.87. The van der Waals surface area contributed by atoms with E-state index in [4.69, 9.17) is 17.3 Å². The summed E-state index contributed by atoms with van der Waals surface area (Å²) in [7, 11) is 0. The summed E-state index contributed by atoms with van der Waals surface area (Å²) in [4.78, 5) is 23.2. The molecule has 1 fully saturated rings. The largest absolute Gasteiger partial charge is 0.368 e. The highest BCUT2D eigenvalue weighted by molar-refractivity contribution is 6.33. The zero-order valence-electron chi connectivity index (χ0n) is 10.0. The summed E-state index contributed by atoms with van der Waals surface area (Å²) in [6.07, 6.45) is 0. The van der Waals surface area contributed by atoms with Crippen LogP contribution in [0.5, 0.6) is 0 Å². The van der Waals surface area contributed by atoms with E-state index >= 15 is 0 Å². The van der Waals surface area contributed by atoms with Gasteiger partial charge in [-0.1, -0.05) is 11.6 Å². The Labute approximate surface area is 114 Å². The van der Waals surface area contributed by atoms with Crippen molar-refractivity contribution in [3.8, 4) is 0 Å². The molecule has 102 valence electrons. The molecule has 0 unspecified atom stereocenters. The van der Waals surface area contributed by atoms with E-state index < -0.39 is 16.9 Å². The Kier molecular flexibility index (Phi) is 3.87. The second-order valence-electron chi connectivity index (χ2n) is 4.25. The lowest BCUT2D eigenvalue weighted by molar-refractivity contribution is -0.384. The first-order chi connectivity index (χ1) is 8.99. The molecule has 1 heterocycles. The van der Waals surface area contributed by atoms with Crippen LogP contribution in [0.15, 0.2) is 18.2 Å². The van der Waals surface area contributed by atoms with E-state index in [1.807, 2.05) is 4.90 Å². The van der Waals surface area contributed by atoms with Crippen molar-refractivity contribution in [2.75, 3.05) is 24.5 Å². The standard InChI is InChI=1S/C11H13ClN4O3/c12-8-5-7(16(18)19)1-2-10(8)15-4-3-14-9(6-15)11(13)17/h1-2,5,9,14H,3-4,6H2,(H2,13,17)/t9-/m1/s1. The monoisotopic (exact) mass is 284 g/mol. The molecule has 0 spiro atoms. The quantitative estimate of drug-likeness (QED) is 0.622. The fraction of sp³-hybridized carbons (Fsp3) is 0.364. The summed E-state index contributed by atoms with van der Waals surface area (Å²) < 4.78 is 0. The molecule has 0 aliphatic carbocycles. The minimum atomic E-state index is -0.500. The maximum absolute atomic E-state index is 11.2. The van der Waals surface area contributed by atoms with Gasteiger partial charge in [0, 0.05) is 31.8 Å². The van der Waals surface area contributed by atoms with Crippen molar-refractivity contribution in [3.63, 3.8) is 0 Å². The van der Waals surface area contributed by atoms with Crippen LogP contribution in [0.3, 0.4) is 0 Å². The van der Waals surface area contributed by atoms with Gasteiger partial charge >= 0.3 is 0 Å². The summed E-state index contributed by atoms with van der Waals surface area (Å²) in [5.74, 6) is -0.428. The number of piperazine rings is 1. The van der Waals surface area contributed by atoms with E-state index in [2.05, 4.69) is 5.32 Å². The highest BCUT2D eigenvalue weighted by atomic mass is 35.5. The van der Waals surface area contributed by atoms with E-state index in [0.717, 1.165) is 0 Å². The number of nitro groups is 1. The Balaban J connectivity index is 2.22. The van der Waals surface area contributed by atoms with Crippen molar-refractivity contribution >= 4 is 28.9 Å². The predicted octanol–water partition coefficient (Wildman–Crippen LogP) is 0.512. The molecule has 0 aromatic heterocycles. The van der Waals surface area contributed by atoms with Crippen LogP contribution in [0.25, 0.3) is 0 Å². The lowest BCUT2D eigenvalue weighted by Crippen LogP contribution is -2.56. The number of nitrogens with one attached hydrogen (secondary N) is 1. The maximum Gasteiger partial charge on any atom is 0.271 e. The third-order valence-electron chi connectivity index (χ3n) is 3.00. The zero-order chi connectivity index (χ0) is 14.0. The number of anilines is 1. The van der Waals surface area contributed by atoms with Crippen LogP contribution in [-0.2, 0) is 4.79 Å². The first kappa shape index (κ1) is 13.6. The minimum absolute atomic E-state index is 0.0599. The number of hydrogen-bond acceptors (Lipinski definition) is 5. The molecule has 1 aliphatic heterocycles. The average molecular weight is 285 g/mol. The third kappa shape index (κ3) is 2.94. The maximum atomic E-state index is 11.2. The average Bonchev–Trinajstić information content (AvgIpc) is 2.38. The van der Waals surface area contributed by atoms with E-state index in [1.54, 1.807) is 6.07 Å². The number of primary amides is 1. The van der Waals surface area contributed by atoms with Crippen molar-refractivity contribution < 1.29 is 9.72 Å². The molecular weight excluding hydrogens is 272 g/mol. The van der Waals surface area contributed by atoms with Crippen LogP contribution in [-0.4, -0.2) is 36.5 Å². The lowest BCUT2D eigenvalue weighted by Gasteiger charge is -2.34. The van der Waals surface area contributed by atoms with Crippen molar-refractivity contribution in [1.29, 1.82) is 0 Å². The number of nitrogens with two attached hydrogens (primary N) is 1. The van der Waals surface area contributed by atoms with E-state index in [9.17, 15) is 14.9 Å². The molecule has 0 radical (unpaired) electrons. The number of benzene rings is 1. The molecule has 0 saturated carbocycles. The Morgan fingerprint density at radius 2 is 2.32 bits per heavy atom. The molecular formula is C11H13ClN4O3. The molecule has 1 amide bonds. The van der Waals surface area contributed by atoms with Crippen molar-refractivity contribution in [2.45, 2.75) is 6.04 Å². The Morgan fingerprint density at radius 1 is 1.58 bits per heavy atom. The van der Waals surface area contributed by atoms with Crippen LogP contribution < -0.4 is 16.0 Å². The Bertz CT molecular complexity index is 523. The summed E-state index contributed by atoms with van der Waals surface area (Å²) >= 11 is 6.05. The van der Waals surface area contributed by atoms with Gasteiger partial charge in [0.05, 0.1) is 15.6 Å². The number of nitrogens with zero attached hydrogens (tertiary/aromatic N) is 2. The fourth-order valence-electron chi connectivity index (χ4n) is 2.03. The van der Waals surface area contributed by atoms with Crippen LogP contribution in [0.2, 0.25) is 5.02 Å². The molecule has 1 aromatic carbocycles. The highest BCUT2D eigenvalue weighted by Gasteiger charge is 2.25. The SMILES string of the molecule is NC(=O)[C@H]1CN(c2ccc([N+](=O)[O-])cc2Cl)CCN1. The first-order valence-corrected chi connectivity index (χ1v) is 6.08. The summed E-state index contributed by atoms with van der Waals surface area (Å²) in [6.45, 7) is 1.65. The second-order valence-corrected chi connectivity index (χ2v) is 4.66. The highest BCUT2D eigenvalue weighted by Crippen LogP contribution is 2.30. The van der Waals surface area contributed by atoms with Gasteiger partial charge in [0.2, 0.25) is 5.91 Å². The van der Waals surface area contributed by atoms with Gasteiger partial charge in [-0.3, -0.25) is 14.9 Å². The van der Waals surface area contributed by atoms with Gasteiger partial charge in [0.1, 0.15) is 6.04 Å². The topological polar surface area (TPSA) is 102 Å². The second kappa shape index (κ2) is 5.41. The fourth-order valence-corrected chi connectivity index (χ4v) is 2.32. The first-order valence-electron chi connectivity index (χ1n) is 5.70. The number of halogens is 1. The molecule has 2 rings (SSSR count). The van der Waals surface area contributed by atoms with Crippen molar-refractivity contribution in [3.05, 3.63) is 33.3 Å². The molecule has 1 atom stereocenters. The number of rotatable bonds is 3. The lowest BCUT2D eigenvalue weighted by atomic mass is 10.1. The molecule has 8 heteroatoms. The van der Waals surface area contributed by atoms with Crippen molar-refractivity contribution in [2.24, 2.45) is 5.73 Å². The number of hydrogen-bond donors (Lipinski definition) is 2. The minimum Gasteiger partial charge on any atom is -0.368 e.